The Morgan fingerprint density at radius 1 is 0.941 bits per heavy atom. The molecular formula is C45H66N2O4+2. The van der Waals surface area contributed by atoms with E-state index in [1.165, 1.54) is 87.6 Å². The summed E-state index contributed by atoms with van der Waals surface area (Å²) in [6, 6.07) is 7.05. The van der Waals surface area contributed by atoms with Gasteiger partial charge in [0, 0.05) is 50.9 Å². The van der Waals surface area contributed by atoms with E-state index in [-0.39, 0.29) is 22.9 Å². The first kappa shape index (κ1) is 36.5. The van der Waals surface area contributed by atoms with E-state index < -0.39 is 0 Å². The maximum Gasteiger partial charge on any atom is 0.303 e. The molecule has 7 rings (SSSR count). The molecule has 1 aromatic carbocycles. The lowest BCUT2D eigenvalue weighted by Gasteiger charge is -2.58. The van der Waals surface area contributed by atoms with Gasteiger partial charge >= 0.3 is 5.97 Å². The molecule has 2 saturated heterocycles. The zero-order valence-corrected chi connectivity index (χ0v) is 32.3. The summed E-state index contributed by atoms with van der Waals surface area (Å²) in [6.07, 6.45) is 22.7. The molecule has 6 nitrogen and oxygen atoms in total. The lowest BCUT2D eigenvalue weighted by molar-refractivity contribution is -0.936. The molecule has 6 heteroatoms. The van der Waals surface area contributed by atoms with Crippen LogP contribution in [0.2, 0.25) is 0 Å². The Hall–Kier alpha value is -2.83. The second-order valence-electron chi connectivity index (χ2n) is 17.9. The van der Waals surface area contributed by atoms with E-state index in [1.54, 1.807) is 19.6 Å². The van der Waals surface area contributed by atoms with E-state index in [9.17, 15) is 4.79 Å². The number of ether oxygens (including phenoxy) is 3. The summed E-state index contributed by atoms with van der Waals surface area (Å²) in [6.45, 7) is 23.7. The lowest BCUT2D eigenvalue weighted by Crippen LogP contribution is -2.58. The first-order chi connectivity index (χ1) is 24.6. The van der Waals surface area contributed by atoms with E-state index in [4.69, 9.17) is 14.2 Å². The molecule has 0 amide bonds. The summed E-state index contributed by atoms with van der Waals surface area (Å²) in [5, 5.41) is 0. The smallest absolute Gasteiger partial charge is 0.303 e. The number of carbonyl (C=O) groups is 1. The van der Waals surface area contributed by atoms with Crippen molar-refractivity contribution < 1.29 is 28.0 Å². The van der Waals surface area contributed by atoms with Crippen molar-refractivity contribution in [1.82, 2.24) is 0 Å². The molecule has 1 aromatic rings. The van der Waals surface area contributed by atoms with Crippen LogP contribution in [-0.4, -0.2) is 86.6 Å². The summed E-state index contributed by atoms with van der Waals surface area (Å²) in [5.74, 6) is 3.18. The number of nitrogens with zero attached hydrogens (tertiary/aromatic N) is 2. The van der Waals surface area contributed by atoms with Crippen LogP contribution in [0.4, 0.5) is 0 Å². The third-order valence-corrected chi connectivity index (χ3v) is 15.3. The molecule has 5 fully saturated rings. The van der Waals surface area contributed by atoms with E-state index in [1.807, 2.05) is 0 Å². The van der Waals surface area contributed by atoms with Crippen LogP contribution in [0.1, 0.15) is 97.0 Å². The second-order valence-corrected chi connectivity index (χ2v) is 17.9. The van der Waals surface area contributed by atoms with Crippen LogP contribution in [0, 0.1) is 28.6 Å². The molecule has 3 saturated carbocycles. The lowest BCUT2D eigenvalue weighted by atomic mass is 9.47. The van der Waals surface area contributed by atoms with Crippen molar-refractivity contribution in [3.8, 4) is 11.5 Å². The SMILES string of the molecule is C=CC[N+]1(CCOc2ccc(/C=C3\C[C@H]4[C@@H]5CC=C6C[C@@H]([N+]7(CC=C)CCCC7)CC[C@]6(C)[C@H]5CC[C@]4(C)[C@H]3OC(C)=O)cc2OC)CCCC1. The number of hydrogen-bond acceptors (Lipinski definition) is 4. The van der Waals surface area contributed by atoms with Crippen LogP contribution < -0.4 is 9.47 Å². The van der Waals surface area contributed by atoms with Gasteiger partial charge in [0.1, 0.15) is 19.3 Å². The zero-order chi connectivity index (χ0) is 35.9. The van der Waals surface area contributed by atoms with Crippen molar-refractivity contribution in [3.63, 3.8) is 0 Å². The number of allylic oxidation sites excluding steroid dienone is 1. The molecule has 6 aliphatic rings. The first-order valence-corrected chi connectivity index (χ1v) is 20.4. The van der Waals surface area contributed by atoms with Crippen LogP contribution in [0.5, 0.6) is 11.5 Å². The Balaban J connectivity index is 1.10. The fraction of sp³-hybridized carbons (Fsp3) is 0.667. The Bertz CT molecular complexity index is 1530. The molecule has 0 radical (unpaired) electrons. The van der Waals surface area contributed by atoms with Crippen LogP contribution in [0.3, 0.4) is 0 Å². The van der Waals surface area contributed by atoms with Crippen molar-refractivity contribution in [2.45, 2.75) is 104 Å². The van der Waals surface area contributed by atoms with E-state index in [2.05, 4.69) is 69.5 Å². The van der Waals surface area contributed by atoms with Gasteiger partial charge in [0.05, 0.1) is 52.4 Å². The normalized spacial score (nSPS) is 35.6. The van der Waals surface area contributed by atoms with Gasteiger partial charge in [-0.25, -0.2) is 0 Å². The summed E-state index contributed by atoms with van der Waals surface area (Å²) in [4.78, 5) is 12.6. The number of benzene rings is 1. The minimum atomic E-state index is -0.194. The zero-order valence-electron chi connectivity index (χ0n) is 32.3. The number of fused-ring (bicyclic) bond motifs is 5. The molecule has 7 atom stereocenters. The van der Waals surface area contributed by atoms with Gasteiger partial charge in [0.25, 0.3) is 0 Å². The maximum absolute atomic E-state index is 12.6. The molecule has 0 aromatic heterocycles. The third kappa shape index (κ3) is 6.66. The predicted octanol–water partition coefficient (Wildman–Crippen LogP) is 8.92. The average molecular weight is 699 g/mol. The molecule has 278 valence electrons. The Morgan fingerprint density at radius 3 is 2.39 bits per heavy atom. The highest BCUT2D eigenvalue weighted by Gasteiger charge is 2.61. The van der Waals surface area contributed by atoms with Crippen molar-refractivity contribution in [3.05, 3.63) is 66.3 Å². The van der Waals surface area contributed by atoms with Crippen LogP contribution >= 0.6 is 0 Å². The highest BCUT2D eigenvalue weighted by molar-refractivity contribution is 5.68. The molecular weight excluding hydrogens is 633 g/mol. The van der Waals surface area contributed by atoms with Gasteiger partial charge in [-0.3, -0.25) is 4.79 Å². The molecule has 0 unspecified atom stereocenters. The van der Waals surface area contributed by atoms with Crippen molar-refractivity contribution in [1.29, 1.82) is 0 Å². The van der Waals surface area contributed by atoms with E-state index in [0.29, 0.717) is 24.4 Å². The fourth-order valence-corrected chi connectivity index (χ4v) is 12.6. The van der Waals surface area contributed by atoms with Gasteiger partial charge < -0.3 is 23.2 Å². The molecule has 0 N–H and O–H groups in total. The summed E-state index contributed by atoms with van der Waals surface area (Å²) in [5.41, 5.74) is 4.32. The number of quaternary nitrogens is 2. The second kappa shape index (κ2) is 14.5. The summed E-state index contributed by atoms with van der Waals surface area (Å²) >= 11 is 0. The minimum Gasteiger partial charge on any atom is -0.493 e. The largest absolute Gasteiger partial charge is 0.493 e. The average Bonchev–Trinajstić information content (AvgIpc) is 3.84. The number of likely N-dealkylation sites (tertiary alicyclic amines) is 2. The van der Waals surface area contributed by atoms with Crippen LogP contribution in [-0.2, 0) is 9.53 Å². The maximum atomic E-state index is 12.6. The Morgan fingerprint density at radius 2 is 1.69 bits per heavy atom. The molecule has 0 bridgehead atoms. The number of esters is 1. The van der Waals surface area contributed by atoms with Gasteiger partial charge in [0.15, 0.2) is 11.5 Å². The topological polar surface area (TPSA) is 44.8 Å². The van der Waals surface area contributed by atoms with Crippen molar-refractivity contribution in [2.24, 2.45) is 28.6 Å². The summed E-state index contributed by atoms with van der Waals surface area (Å²) < 4.78 is 20.9. The molecule has 0 spiro atoms. The predicted molar refractivity (Wildman–Crippen MR) is 206 cm³/mol. The first-order valence-electron chi connectivity index (χ1n) is 20.4. The standard InChI is InChI=1S/C45H66N2O4/c1-7-21-46(23-9-10-24-46)27-28-50-41-16-13-34(30-42(41)49-6)29-35-31-40-38-15-14-36-32-37(47(22-8-2)25-11-12-26-47)17-19-44(36,4)39(38)18-20-45(40,5)43(35)51-33(3)48/h7-8,13-14,16,29-30,37-40,43H,1-2,9-12,15,17-28,31-32H2,3-6H3/q+2/b35-29+/t37-,38+,39-,40-,43-,44-,45-/m0/s1. The fourth-order valence-electron chi connectivity index (χ4n) is 12.6. The number of hydrogen-bond donors (Lipinski definition) is 0. The summed E-state index contributed by atoms with van der Waals surface area (Å²) in [7, 11) is 1.73. The van der Waals surface area contributed by atoms with Gasteiger partial charge in [-0.05, 0) is 90.7 Å². The molecule has 2 heterocycles. The van der Waals surface area contributed by atoms with Crippen LogP contribution in [0.25, 0.3) is 6.08 Å². The molecule has 4 aliphatic carbocycles. The van der Waals surface area contributed by atoms with Gasteiger partial charge in [-0.15, -0.1) is 0 Å². The minimum absolute atomic E-state index is 0.0562. The van der Waals surface area contributed by atoms with Gasteiger partial charge in [-0.1, -0.05) is 50.8 Å². The van der Waals surface area contributed by atoms with Gasteiger partial charge in [0.2, 0.25) is 0 Å². The monoisotopic (exact) mass is 699 g/mol. The van der Waals surface area contributed by atoms with E-state index >= 15 is 0 Å². The van der Waals surface area contributed by atoms with E-state index in [0.717, 1.165) is 66.5 Å². The van der Waals surface area contributed by atoms with Gasteiger partial charge in [-0.2, -0.15) is 0 Å². The molecule has 51 heavy (non-hydrogen) atoms. The number of methoxy groups -OCH3 is 1. The van der Waals surface area contributed by atoms with Crippen molar-refractivity contribution in [2.75, 3.05) is 59.5 Å². The highest BCUT2D eigenvalue weighted by atomic mass is 16.5. The third-order valence-electron chi connectivity index (χ3n) is 15.3. The van der Waals surface area contributed by atoms with Crippen molar-refractivity contribution >= 4 is 12.0 Å². The Kier molecular flexibility index (Phi) is 10.4. The molecule has 2 aliphatic heterocycles. The quantitative estimate of drug-likeness (QED) is 0.124. The number of carbonyl (C=O) groups excluding carboxylic acids is 1. The highest BCUT2D eigenvalue weighted by Crippen LogP contribution is 2.66. The number of rotatable bonds is 12. The Labute approximate surface area is 308 Å². The van der Waals surface area contributed by atoms with Crippen LogP contribution in [0.15, 0.2) is 60.7 Å².